The Labute approximate surface area is 624 Å². The molecule has 0 saturated carbocycles. The highest BCUT2D eigenvalue weighted by molar-refractivity contribution is 7.26. The number of pyridine rings is 2. The van der Waals surface area contributed by atoms with Crippen molar-refractivity contribution in [1.29, 1.82) is 0 Å². The maximum Gasteiger partial charge on any atom is 0.489 e. The summed E-state index contributed by atoms with van der Waals surface area (Å²) in [6.45, 7) is 0. The van der Waals surface area contributed by atoms with E-state index < -0.39 is 7.12 Å². The zero-order valence-electron chi connectivity index (χ0n) is 56.8. The van der Waals surface area contributed by atoms with E-state index in [0.717, 1.165) is 127 Å². The van der Waals surface area contributed by atoms with Crippen LogP contribution in [0.5, 0.6) is 0 Å². The second kappa shape index (κ2) is 28.5. The van der Waals surface area contributed by atoms with Crippen molar-refractivity contribution in [1.82, 2.24) is 29.9 Å². The van der Waals surface area contributed by atoms with E-state index in [0.29, 0.717) is 22.1 Å². The molecule has 0 atom stereocenters. The van der Waals surface area contributed by atoms with E-state index in [9.17, 15) is 10.0 Å². The molecule has 6 heterocycles. The quantitative estimate of drug-likeness (QED) is 0.103. The molecule has 0 amide bonds. The van der Waals surface area contributed by atoms with E-state index in [4.69, 9.17) is 41.5 Å². The number of fused-ring (bicyclic) bond motifs is 12. The van der Waals surface area contributed by atoms with Gasteiger partial charge in [0, 0.05) is 77.1 Å². The largest absolute Gasteiger partial charge is 0.489 e. The van der Waals surface area contributed by atoms with Gasteiger partial charge in [0.25, 0.3) is 0 Å². The van der Waals surface area contributed by atoms with Gasteiger partial charge < -0.3 is 10.0 Å². The van der Waals surface area contributed by atoms with Gasteiger partial charge in [0.15, 0.2) is 11.6 Å². The van der Waals surface area contributed by atoms with Gasteiger partial charge in [-0.2, -0.15) is 0 Å². The van der Waals surface area contributed by atoms with Crippen LogP contribution in [-0.4, -0.2) is 47.1 Å². The fraction of sp³-hybridized carbons (Fsp3) is 0. The van der Waals surface area contributed by atoms with Crippen LogP contribution in [0.25, 0.3) is 185 Å². The molecule has 0 unspecified atom stereocenters. The lowest BCUT2D eigenvalue weighted by Gasteiger charge is -2.17. The standard InChI is InChI=1S/C47H29N3S.C33H20ClN3S.C14H11BO2/c1-3-13-30(14-4-1)42-29-43(31-15-5-2-6-16-31)50-47(49-42)41-28-33(35-25-26-48-45-39-21-11-12-22-44(39)51-46(35)45)23-24-38(41)40-27-32-17-7-8-18-34(32)36-19-9-10-20-37(36)40;34-27-16-15-23(24-17-18-35-31-25-13-7-8-14-30(25)38-32(24)31)19-26(27)33-36-28(21-9-3-1-4-10-21)20-29(37-33)22-11-5-2-6-12-22;16-15(17)14-9-10-5-1-2-6-11(10)12-7-3-4-8-13(12)14/h1-29H;1-20H;1-9,16-17H. The van der Waals surface area contributed by atoms with Crippen LogP contribution in [0, 0.1) is 0 Å². The fourth-order valence-electron chi connectivity index (χ4n) is 14.4. The molecule has 20 rings (SSSR count). The first-order chi connectivity index (χ1) is 52.3. The van der Waals surface area contributed by atoms with E-state index in [1.54, 1.807) is 22.7 Å². The molecule has 0 radical (unpaired) electrons. The summed E-state index contributed by atoms with van der Waals surface area (Å²) >= 11 is 10.4. The van der Waals surface area contributed by atoms with Crippen LogP contribution in [0.3, 0.4) is 0 Å². The predicted octanol–water partition coefficient (Wildman–Crippen LogP) is 24.1. The Balaban J connectivity index is 0.000000126. The van der Waals surface area contributed by atoms with Gasteiger partial charge in [-0.05, 0) is 131 Å². The third kappa shape index (κ3) is 12.6. The molecule has 20 aromatic rings. The average Bonchev–Trinajstić information content (AvgIpc) is 1.22. The normalized spacial score (nSPS) is 11.3. The molecular formula is C94H60BClN6O2S2. The van der Waals surface area contributed by atoms with Gasteiger partial charge in [-0.25, -0.2) is 19.9 Å². The Morgan fingerprint density at radius 2 is 0.632 bits per heavy atom. The molecule has 0 bridgehead atoms. The summed E-state index contributed by atoms with van der Waals surface area (Å²) in [6.07, 6.45) is 3.81. The van der Waals surface area contributed by atoms with Gasteiger partial charge in [-0.15, -0.1) is 22.7 Å². The Hall–Kier alpha value is -12.7. The number of hydrogen-bond donors (Lipinski definition) is 2. The fourth-order valence-corrected chi connectivity index (χ4v) is 17.0. The number of benzene rings is 14. The number of hydrogen-bond acceptors (Lipinski definition) is 10. The van der Waals surface area contributed by atoms with Crippen molar-refractivity contribution < 1.29 is 10.0 Å². The predicted molar refractivity (Wildman–Crippen MR) is 446 cm³/mol. The molecule has 0 aliphatic rings. The highest BCUT2D eigenvalue weighted by atomic mass is 35.5. The summed E-state index contributed by atoms with van der Waals surface area (Å²) in [4.78, 5) is 30.2. The second-order valence-electron chi connectivity index (χ2n) is 25.9. The molecule has 8 nitrogen and oxygen atoms in total. The summed E-state index contributed by atoms with van der Waals surface area (Å²) in [5.41, 5.74) is 18.7. The number of aromatic nitrogens is 6. The van der Waals surface area contributed by atoms with Crippen LogP contribution >= 0.6 is 34.3 Å². The Kier molecular flexibility index (Phi) is 17.6. The van der Waals surface area contributed by atoms with Gasteiger partial charge in [0.2, 0.25) is 0 Å². The molecule has 12 heteroatoms. The molecule has 0 aliphatic carbocycles. The summed E-state index contributed by atoms with van der Waals surface area (Å²) in [5.74, 6) is 1.28. The van der Waals surface area contributed by atoms with Crippen molar-refractivity contribution >= 4 is 131 Å². The Bertz CT molecular complexity index is 6600. The highest BCUT2D eigenvalue weighted by Crippen LogP contribution is 2.46. The van der Waals surface area contributed by atoms with Crippen molar-refractivity contribution in [2.24, 2.45) is 0 Å². The van der Waals surface area contributed by atoms with Gasteiger partial charge in [-0.1, -0.05) is 291 Å². The van der Waals surface area contributed by atoms with Gasteiger partial charge in [0.1, 0.15) is 0 Å². The van der Waals surface area contributed by atoms with Crippen LogP contribution in [0.15, 0.2) is 352 Å². The molecule has 0 saturated heterocycles. The van der Waals surface area contributed by atoms with E-state index in [1.165, 1.54) is 46.4 Å². The minimum atomic E-state index is -1.44. The maximum absolute atomic E-state index is 9.44. The van der Waals surface area contributed by atoms with Gasteiger partial charge in [-0.3, -0.25) is 9.97 Å². The van der Waals surface area contributed by atoms with Crippen LogP contribution < -0.4 is 5.46 Å². The first-order valence-electron chi connectivity index (χ1n) is 34.9. The molecule has 2 N–H and O–H groups in total. The van der Waals surface area contributed by atoms with Crippen molar-refractivity contribution in [2.75, 3.05) is 0 Å². The molecule has 0 spiro atoms. The maximum atomic E-state index is 9.44. The van der Waals surface area contributed by atoms with Gasteiger partial charge >= 0.3 is 7.12 Å². The summed E-state index contributed by atoms with van der Waals surface area (Å²) in [5, 5.41) is 30.8. The summed E-state index contributed by atoms with van der Waals surface area (Å²) < 4.78 is 4.80. The zero-order valence-corrected chi connectivity index (χ0v) is 59.2. The number of thiophene rings is 2. The van der Waals surface area contributed by atoms with Crippen LogP contribution in [-0.2, 0) is 0 Å². The minimum absolute atomic E-state index is 0.555. The lowest BCUT2D eigenvalue weighted by molar-refractivity contribution is 0.426. The lowest BCUT2D eigenvalue weighted by Crippen LogP contribution is -2.30. The Morgan fingerprint density at radius 1 is 0.264 bits per heavy atom. The monoisotopic (exact) mass is 1410 g/mol. The number of nitrogens with zero attached hydrogens (tertiary/aromatic N) is 6. The van der Waals surface area contributed by atoms with Crippen molar-refractivity contribution in [2.45, 2.75) is 0 Å². The third-order valence-electron chi connectivity index (χ3n) is 19.5. The topological polar surface area (TPSA) is 118 Å². The zero-order chi connectivity index (χ0) is 71.0. The number of rotatable bonds is 10. The minimum Gasteiger partial charge on any atom is -0.423 e. The molecule has 500 valence electrons. The first-order valence-corrected chi connectivity index (χ1v) is 37.0. The molecular weight excluding hydrogens is 1360 g/mol. The molecule has 0 fully saturated rings. The van der Waals surface area contributed by atoms with Crippen LogP contribution in [0.2, 0.25) is 5.02 Å². The molecule has 0 aliphatic heterocycles. The lowest BCUT2D eigenvalue weighted by atomic mass is 9.76. The third-order valence-corrected chi connectivity index (χ3v) is 22.2. The van der Waals surface area contributed by atoms with Crippen LogP contribution in [0.4, 0.5) is 0 Å². The second-order valence-corrected chi connectivity index (χ2v) is 28.4. The van der Waals surface area contributed by atoms with E-state index in [2.05, 4.69) is 224 Å². The summed E-state index contributed by atoms with van der Waals surface area (Å²) in [6, 6.07) is 117. The smallest absolute Gasteiger partial charge is 0.423 e. The molecule has 14 aromatic carbocycles. The SMILES string of the molecule is Clc1ccc(-c2ccnc3c2sc2ccccc23)cc1-c1nc(-c2ccccc2)cc(-c2ccccc2)n1.OB(O)c1cc2ccccc2c2ccccc12.c1ccc(-c2cc(-c3ccccc3)nc(-c3cc(-c4ccnc5c4sc4ccccc45)ccc3-c3cc4ccccc4c4ccccc34)n2)cc1. The molecule has 106 heavy (non-hydrogen) atoms. The van der Waals surface area contributed by atoms with E-state index in [1.807, 2.05) is 128 Å². The average molecular weight is 1420 g/mol. The van der Waals surface area contributed by atoms with E-state index >= 15 is 0 Å². The number of halogens is 1. The summed E-state index contributed by atoms with van der Waals surface area (Å²) in [7, 11) is -1.44. The van der Waals surface area contributed by atoms with Crippen molar-refractivity contribution in [3.05, 3.63) is 357 Å². The van der Waals surface area contributed by atoms with E-state index in [-0.39, 0.29) is 0 Å². The van der Waals surface area contributed by atoms with Gasteiger partial charge in [0.05, 0.1) is 48.2 Å². The van der Waals surface area contributed by atoms with Crippen molar-refractivity contribution in [3.63, 3.8) is 0 Å². The van der Waals surface area contributed by atoms with Crippen LogP contribution in [0.1, 0.15) is 0 Å². The highest BCUT2D eigenvalue weighted by Gasteiger charge is 2.23. The van der Waals surface area contributed by atoms with Crippen molar-refractivity contribution in [3.8, 4) is 101 Å². The molecule has 6 aromatic heterocycles. The Morgan fingerprint density at radius 3 is 1.10 bits per heavy atom. The first kappa shape index (κ1) is 65.3.